The Morgan fingerprint density at radius 1 is 1.09 bits per heavy atom. The van der Waals surface area contributed by atoms with Gasteiger partial charge in [0.25, 0.3) is 0 Å². The van der Waals surface area contributed by atoms with Crippen molar-refractivity contribution in [2.45, 2.75) is 39.3 Å². The monoisotopic (exact) mass is 453 g/mol. The lowest BCUT2D eigenvalue weighted by Gasteiger charge is -2.29. The molecule has 1 aliphatic rings. The van der Waals surface area contributed by atoms with Gasteiger partial charge in [0.1, 0.15) is 5.82 Å². The standard InChI is InChI=1S/C24H31N5O4/c1-15-11-25-24(26-18-9-20(31)22(33-4)21(10-18)32-3)27-23(15)29-12-16(2)17(14-29)13-28-7-5-19(30)6-8-28/h9-12,14,19,30-31H,5-8,13H2,1-4H3,(H,25,26,27). The van der Waals surface area contributed by atoms with E-state index in [1.165, 1.54) is 31.4 Å². The average Bonchev–Trinajstić information content (AvgIpc) is 3.16. The first kappa shape index (κ1) is 22.9. The van der Waals surface area contributed by atoms with E-state index in [-0.39, 0.29) is 17.6 Å². The summed E-state index contributed by atoms with van der Waals surface area (Å²) in [5, 5.41) is 23.1. The number of nitrogens with zero attached hydrogens (tertiary/aromatic N) is 4. The lowest BCUT2D eigenvalue weighted by atomic mass is 10.1. The van der Waals surface area contributed by atoms with Crippen molar-refractivity contribution in [3.63, 3.8) is 0 Å². The van der Waals surface area contributed by atoms with Gasteiger partial charge in [0.2, 0.25) is 11.7 Å². The van der Waals surface area contributed by atoms with Crippen LogP contribution in [-0.4, -0.2) is 63.1 Å². The highest BCUT2D eigenvalue weighted by molar-refractivity contribution is 5.65. The maximum Gasteiger partial charge on any atom is 0.229 e. The van der Waals surface area contributed by atoms with Crippen LogP contribution in [0.3, 0.4) is 0 Å². The summed E-state index contributed by atoms with van der Waals surface area (Å²) in [6.07, 6.45) is 7.44. The molecule has 0 atom stereocenters. The fraction of sp³-hybridized carbons (Fsp3) is 0.417. The molecule has 0 radical (unpaired) electrons. The van der Waals surface area contributed by atoms with Crippen molar-refractivity contribution in [3.05, 3.63) is 47.4 Å². The van der Waals surface area contributed by atoms with Crippen molar-refractivity contribution in [2.75, 3.05) is 32.6 Å². The molecule has 0 amide bonds. The van der Waals surface area contributed by atoms with Gasteiger partial charge in [-0.15, -0.1) is 0 Å². The Bertz CT molecular complexity index is 1120. The van der Waals surface area contributed by atoms with Crippen LogP contribution in [0.4, 0.5) is 11.6 Å². The van der Waals surface area contributed by atoms with Gasteiger partial charge in [-0.2, -0.15) is 4.98 Å². The number of anilines is 2. The number of likely N-dealkylation sites (tertiary alicyclic amines) is 1. The van der Waals surface area contributed by atoms with Gasteiger partial charge in [-0.1, -0.05) is 0 Å². The predicted octanol–water partition coefficient (Wildman–Crippen LogP) is 3.31. The molecule has 3 heterocycles. The number of ether oxygens (including phenoxy) is 2. The van der Waals surface area contributed by atoms with Crippen molar-refractivity contribution < 1.29 is 19.7 Å². The number of hydrogen-bond donors (Lipinski definition) is 3. The molecule has 1 aliphatic heterocycles. The summed E-state index contributed by atoms with van der Waals surface area (Å²) in [4.78, 5) is 11.5. The summed E-state index contributed by atoms with van der Waals surface area (Å²) >= 11 is 0. The normalized spacial score (nSPS) is 14.9. The Hall–Kier alpha value is -3.30. The number of aromatic hydroxyl groups is 1. The number of phenolic OH excluding ortho intramolecular Hbond substituents is 1. The maximum atomic E-state index is 10.2. The van der Waals surface area contributed by atoms with Crippen molar-refractivity contribution in [2.24, 2.45) is 0 Å². The highest BCUT2D eigenvalue weighted by Gasteiger charge is 2.19. The Balaban J connectivity index is 1.56. The van der Waals surface area contributed by atoms with Gasteiger partial charge in [0, 0.05) is 61.6 Å². The van der Waals surface area contributed by atoms with Gasteiger partial charge < -0.3 is 29.6 Å². The van der Waals surface area contributed by atoms with Crippen LogP contribution >= 0.6 is 0 Å². The van der Waals surface area contributed by atoms with E-state index in [1.807, 2.05) is 11.5 Å². The molecule has 0 unspecified atom stereocenters. The average molecular weight is 454 g/mol. The van der Waals surface area contributed by atoms with Crippen molar-refractivity contribution in [1.29, 1.82) is 0 Å². The van der Waals surface area contributed by atoms with Crippen molar-refractivity contribution in [3.8, 4) is 23.1 Å². The first-order valence-electron chi connectivity index (χ1n) is 11.0. The summed E-state index contributed by atoms with van der Waals surface area (Å²) < 4.78 is 12.5. The zero-order valence-corrected chi connectivity index (χ0v) is 19.5. The molecule has 0 spiro atoms. The summed E-state index contributed by atoms with van der Waals surface area (Å²) in [5.41, 5.74) is 3.96. The summed E-state index contributed by atoms with van der Waals surface area (Å²) in [6.45, 7) is 6.75. The SMILES string of the molecule is COc1cc(Nc2ncc(C)c(-n3cc(C)c(CN4CCC(O)CC4)c3)n2)cc(O)c1OC. The van der Waals surface area contributed by atoms with E-state index in [2.05, 4.69) is 34.5 Å². The molecule has 3 aromatic rings. The van der Waals surface area contributed by atoms with Crippen molar-refractivity contribution >= 4 is 11.6 Å². The third-order valence-electron chi connectivity index (χ3n) is 5.99. The van der Waals surface area contributed by atoms with E-state index >= 15 is 0 Å². The summed E-state index contributed by atoms with van der Waals surface area (Å²) in [6, 6.07) is 3.26. The van der Waals surface area contributed by atoms with Crippen LogP contribution in [0, 0.1) is 13.8 Å². The number of aliphatic hydroxyl groups is 1. The molecule has 33 heavy (non-hydrogen) atoms. The Morgan fingerprint density at radius 3 is 2.55 bits per heavy atom. The molecule has 0 bridgehead atoms. The van der Waals surface area contributed by atoms with Gasteiger partial charge >= 0.3 is 0 Å². The molecule has 9 heteroatoms. The quantitative estimate of drug-likeness (QED) is 0.501. The number of aliphatic hydroxyl groups excluding tert-OH is 1. The lowest BCUT2D eigenvalue weighted by molar-refractivity contribution is 0.0792. The second-order valence-electron chi connectivity index (χ2n) is 8.44. The van der Waals surface area contributed by atoms with Gasteiger partial charge in [-0.05, 0) is 37.8 Å². The fourth-order valence-electron chi connectivity index (χ4n) is 4.10. The predicted molar refractivity (Wildman–Crippen MR) is 126 cm³/mol. The van der Waals surface area contributed by atoms with Crippen LogP contribution in [0.25, 0.3) is 5.82 Å². The molecule has 1 saturated heterocycles. The third-order valence-corrected chi connectivity index (χ3v) is 5.99. The zero-order valence-electron chi connectivity index (χ0n) is 19.5. The number of nitrogens with one attached hydrogen (secondary N) is 1. The van der Waals surface area contributed by atoms with Gasteiger partial charge in [0.05, 0.1) is 20.3 Å². The topological polar surface area (TPSA) is 105 Å². The molecule has 4 rings (SSSR count). The second-order valence-corrected chi connectivity index (χ2v) is 8.44. The van der Waals surface area contributed by atoms with E-state index in [0.29, 0.717) is 17.4 Å². The molecular weight excluding hydrogens is 422 g/mol. The number of benzene rings is 1. The minimum Gasteiger partial charge on any atom is -0.504 e. The van der Waals surface area contributed by atoms with Crippen molar-refractivity contribution in [1.82, 2.24) is 19.4 Å². The van der Waals surface area contributed by atoms with E-state index < -0.39 is 0 Å². The number of aryl methyl sites for hydroxylation is 2. The highest BCUT2D eigenvalue weighted by Crippen LogP contribution is 2.39. The molecular formula is C24H31N5O4. The molecule has 9 nitrogen and oxygen atoms in total. The van der Waals surface area contributed by atoms with E-state index in [9.17, 15) is 10.2 Å². The summed E-state index contributed by atoms with van der Waals surface area (Å²) in [5.74, 6) is 1.82. The Labute approximate surface area is 193 Å². The number of piperidine rings is 1. The van der Waals surface area contributed by atoms with Crippen LogP contribution in [0.15, 0.2) is 30.7 Å². The molecule has 3 N–H and O–H groups in total. The van der Waals surface area contributed by atoms with E-state index in [1.54, 1.807) is 12.3 Å². The van der Waals surface area contributed by atoms with Crippen LogP contribution in [0.1, 0.15) is 29.5 Å². The zero-order chi connectivity index (χ0) is 23.5. The first-order chi connectivity index (χ1) is 15.9. The third kappa shape index (κ3) is 5.04. The van der Waals surface area contributed by atoms with Crippen LogP contribution in [-0.2, 0) is 6.54 Å². The van der Waals surface area contributed by atoms with E-state index in [0.717, 1.165) is 43.9 Å². The summed E-state index contributed by atoms with van der Waals surface area (Å²) in [7, 11) is 2.99. The molecule has 0 saturated carbocycles. The van der Waals surface area contributed by atoms with Crippen LogP contribution < -0.4 is 14.8 Å². The molecule has 0 aliphatic carbocycles. The lowest BCUT2D eigenvalue weighted by Crippen LogP contribution is -2.35. The number of hydrogen-bond acceptors (Lipinski definition) is 8. The second kappa shape index (κ2) is 9.68. The largest absolute Gasteiger partial charge is 0.504 e. The molecule has 176 valence electrons. The Morgan fingerprint density at radius 2 is 1.85 bits per heavy atom. The first-order valence-corrected chi connectivity index (χ1v) is 11.0. The fourth-order valence-corrected chi connectivity index (χ4v) is 4.10. The molecule has 2 aromatic heterocycles. The number of aromatic nitrogens is 3. The minimum atomic E-state index is -0.172. The molecule has 1 fully saturated rings. The minimum absolute atomic E-state index is 0.0393. The molecule has 1 aromatic carbocycles. The number of phenols is 1. The van der Waals surface area contributed by atoms with Crippen LogP contribution in [0.2, 0.25) is 0 Å². The highest BCUT2D eigenvalue weighted by atomic mass is 16.5. The number of rotatable bonds is 7. The van der Waals surface area contributed by atoms with E-state index in [4.69, 9.17) is 14.5 Å². The Kier molecular flexibility index (Phi) is 6.71. The number of methoxy groups -OCH3 is 2. The smallest absolute Gasteiger partial charge is 0.229 e. The van der Waals surface area contributed by atoms with Crippen LogP contribution in [0.5, 0.6) is 17.2 Å². The van der Waals surface area contributed by atoms with Gasteiger partial charge in [-0.25, -0.2) is 4.98 Å². The van der Waals surface area contributed by atoms with Gasteiger partial charge in [-0.3, -0.25) is 4.90 Å². The maximum absolute atomic E-state index is 10.2. The van der Waals surface area contributed by atoms with Gasteiger partial charge in [0.15, 0.2) is 11.5 Å².